The summed E-state index contributed by atoms with van der Waals surface area (Å²) in [6.45, 7) is 7.63. The van der Waals surface area contributed by atoms with E-state index in [4.69, 9.17) is 10.5 Å². The van der Waals surface area contributed by atoms with Gasteiger partial charge in [-0.1, -0.05) is 30.3 Å². The van der Waals surface area contributed by atoms with Crippen LogP contribution in [-0.2, 0) is 16.1 Å². The molecular formula is C20H32N4O2. The predicted octanol–water partition coefficient (Wildman–Crippen LogP) is 0.771. The van der Waals surface area contributed by atoms with Gasteiger partial charge in [0.05, 0.1) is 5.54 Å². The maximum atomic E-state index is 12.8. The topological polar surface area (TPSA) is 62.0 Å². The monoisotopic (exact) mass is 360 g/mol. The van der Waals surface area contributed by atoms with Gasteiger partial charge >= 0.3 is 0 Å². The first-order chi connectivity index (χ1) is 12.6. The van der Waals surface area contributed by atoms with Crippen molar-refractivity contribution in [3.8, 4) is 0 Å². The molecule has 0 spiro atoms. The molecule has 1 amide bonds. The molecule has 26 heavy (non-hydrogen) atoms. The van der Waals surface area contributed by atoms with Gasteiger partial charge in [-0.05, 0) is 25.5 Å². The Labute approximate surface area is 156 Å². The third kappa shape index (κ3) is 5.04. The minimum atomic E-state index is -0.712. The second-order valence-electron chi connectivity index (χ2n) is 7.63. The second-order valence-corrected chi connectivity index (χ2v) is 7.63. The van der Waals surface area contributed by atoms with Crippen molar-refractivity contribution in [1.82, 2.24) is 14.7 Å². The van der Waals surface area contributed by atoms with Gasteiger partial charge in [0, 0.05) is 59.0 Å². The van der Waals surface area contributed by atoms with Gasteiger partial charge in [0.2, 0.25) is 5.91 Å². The van der Waals surface area contributed by atoms with Crippen LogP contribution in [0.5, 0.6) is 0 Å². The Morgan fingerprint density at radius 1 is 1.15 bits per heavy atom. The van der Waals surface area contributed by atoms with Gasteiger partial charge in [-0.25, -0.2) is 0 Å². The van der Waals surface area contributed by atoms with Crippen LogP contribution in [0.15, 0.2) is 30.3 Å². The maximum absolute atomic E-state index is 12.8. The zero-order valence-electron chi connectivity index (χ0n) is 15.9. The number of amides is 1. The molecular weight excluding hydrogens is 328 g/mol. The van der Waals surface area contributed by atoms with Gasteiger partial charge in [0.15, 0.2) is 0 Å². The van der Waals surface area contributed by atoms with Crippen molar-refractivity contribution in [2.45, 2.75) is 24.9 Å². The molecule has 0 bridgehead atoms. The molecule has 0 radical (unpaired) electrons. The van der Waals surface area contributed by atoms with Crippen molar-refractivity contribution in [1.29, 1.82) is 0 Å². The largest absolute Gasteiger partial charge is 0.381 e. The van der Waals surface area contributed by atoms with Crippen LogP contribution in [-0.4, -0.2) is 85.7 Å². The van der Waals surface area contributed by atoms with Crippen LogP contribution < -0.4 is 5.73 Å². The number of carbonyl (C=O) groups excluding carboxylic acids is 1. The van der Waals surface area contributed by atoms with Crippen molar-refractivity contribution in [3.63, 3.8) is 0 Å². The Morgan fingerprint density at radius 3 is 2.46 bits per heavy atom. The smallest absolute Gasteiger partial charge is 0.242 e. The first-order valence-corrected chi connectivity index (χ1v) is 9.68. The second kappa shape index (κ2) is 8.95. The van der Waals surface area contributed by atoms with Crippen molar-refractivity contribution in [2.24, 2.45) is 5.73 Å². The van der Waals surface area contributed by atoms with Crippen LogP contribution in [0, 0.1) is 0 Å². The van der Waals surface area contributed by atoms with E-state index in [-0.39, 0.29) is 5.91 Å². The highest BCUT2D eigenvalue weighted by Crippen LogP contribution is 2.21. The molecule has 0 saturated carbocycles. The van der Waals surface area contributed by atoms with E-state index in [2.05, 4.69) is 47.2 Å². The molecule has 2 fully saturated rings. The summed E-state index contributed by atoms with van der Waals surface area (Å²) < 4.78 is 5.35. The fraction of sp³-hybridized carbons (Fsp3) is 0.650. The van der Waals surface area contributed by atoms with Gasteiger partial charge in [-0.3, -0.25) is 9.69 Å². The van der Waals surface area contributed by atoms with Crippen molar-refractivity contribution in [3.05, 3.63) is 35.9 Å². The summed E-state index contributed by atoms with van der Waals surface area (Å²) in [5.74, 6) is 0.113. The van der Waals surface area contributed by atoms with Gasteiger partial charge < -0.3 is 20.3 Å². The van der Waals surface area contributed by atoms with E-state index in [1.54, 1.807) is 0 Å². The number of likely N-dealkylation sites (N-methyl/N-ethyl adjacent to an activating group) is 1. The number of piperazine rings is 1. The Kier molecular flexibility index (Phi) is 6.64. The van der Waals surface area contributed by atoms with Crippen LogP contribution in [0.2, 0.25) is 0 Å². The molecule has 144 valence electrons. The van der Waals surface area contributed by atoms with E-state index in [0.29, 0.717) is 26.1 Å². The van der Waals surface area contributed by atoms with Crippen LogP contribution in [0.1, 0.15) is 18.4 Å². The molecule has 1 aromatic carbocycles. The molecule has 0 atom stereocenters. The summed E-state index contributed by atoms with van der Waals surface area (Å²) in [6, 6.07) is 10.6. The molecule has 2 N–H and O–H groups in total. The van der Waals surface area contributed by atoms with E-state index >= 15 is 0 Å². The number of hydrogen-bond acceptors (Lipinski definition) is 5. The first-order valence-electron chi connectivity index (χ1n) is 9.68. The number of nitrogens with two attached hydrogens (primary N) is 1. The predicted molar refractivity (Wildman–Crippen MR) is 103 cm³/mol. The fourth-order valence-corrected chi connectivity index (χ4v) is 3.73. The van der Waals surface area contributed by atoms with Gasteiger partial charge in [0.25, 0.3) is 0 Å². The molecule has 6 nitrogen and oxygen atoms in total. The number of carbonyl (C=O) groups is 1. The third-order valence-electron chi connectivity index (χ3n) is 5.56. The minimum Gasteiger partial charge on any atom is -0.381 e. The van der Waals surface area contributed by atoms with Crippen LogP contribution in [0.25, 0.3) is 0 Å². The summed E-state index contributed by atoms with van der Waals surface area (Å²) >= 11 is 0. The van der Waals surface area contributed by atoms with E-state index in [9.17, 15) is 4.79 Å². The lowest BCUT2D eigenvalue weighted by Gasteiger charge is -2.41. The number of hydrogen-bond donors (Lipinski definition) is 1. The molecule has 1 aromatic rings. The molecule has 0 aliphatic carbocycles. The average Bonchev–Trinajstić information content (AvgIpc) is 2.67. The summed E-state index contributed by atoms with van der Waals surface area (Å²) in [4.78, 5) is 19.5. The number of benzene rings is 1. The number of rotatable bonds is 6. The molecule has 6 heteroatoms. The molecule has 2 saturated heterocycles. The Morgan fingerprint density at radius 2 is 1.81 bits per heavy atom. The van der Waals surface area contributed by atoms with E-state index in [0.717, 1.165) is 45.8 Å². The molecule has 2 aliphatic heterocycles. The first kappa shape index (κ1) is 19.3. The zero-order valence-corrected chi connectivity index (χ0v) is 15.9. The highest BCUT2D eigenvalue weighted by molar-refractivity contribution is 5.86. The number of ether oxygens (including phenoxy) is 1. The van der Waals surface area contributed by atoms with Gasteiger partial charge in [-0.2, -0.15) is 0 Å². The van der Waals surface area contributed by atoms with Gasteiger partial charge in [0.1, 0.15) is 0 Å². The SMILES string of the molecule is CN(CCN1CCN(C(=O)C2(N)CCOCC2)CC1)Cc1ccccc1. The average molecular weight is 361 g/mol. The molecule has 0 aromatic heterocycles. The van der Waals surface area contributed by atoms with Crippen molar-refractivity contribution in [2.75, 3.05) is 59.5 Å². The van der Waals surface area contributed by atoms with E-state index in [1.807, 2.05) is 4.90 Å². The minimum absolute atomic E-state index is 0.113. The lowest BCUT2D eigenvalue weighted by Crippen LogP contribution is -2.61. The summed E-state index contributed by atoms with van der Waals surface area (Å²) in [5, 5.41) is 0. The standard InChI is InChI=1S/C20H32N4O2/c1-22(17-18-5-3-2-4-6-18)9-10-23-11-13-24(14-12-23)19(25)20(21)7-15-26-16-8-20/h2-6H,7-17,21H2,1H3. The quantitative estimate of drug-likeness (QED) is 0.812. The normalized spacial score (nSPS) is 21.1. The lowest BCUT2D eigenvalue weighted by atomic mass is 9.89. The van der Waals surface area contributed by atoms with Crippen LogP contribution in [0.4, 0.5) is 0 Å². The Bertz CT molecular complexity index is 566. The number of nitrogens with zero attached hydrogens (tertiary/aromatic N) is 3. The summed E-state index contributed by atoms with van der Waals surface area (Å²) in [6.07, 6.45) is 1.27. The van der Waals surface area contributed by atoms with Gasteiger partial charge in [-0.15, -0.1) is 0 Å². The third-order valence-corrected chi connectivity index (χ3v) is 5.56. The zero-order chi connectivity index (χ0) is 18.4. The molecule has 3 rings (SSSR count). The highest BCUT2D eigenvalue weighted by Gasteiger charge is 2.39. The van der Waals surface area contributed by atoms with E-state index < -0.39 is 5.54 Å². The van der Waals surface area contributed by atoms with Crippen molar-refractivity contribution < 1.29 is 9.53 Å². The maximum Gasteiger partial charge on any atom is 0.242 e. The van der Waals surface area contributed by atoms with Crippen LogP contribution in [0.3, 0.4) is 0 Å². The van der Waals surface area contributed by atoms with Crippen LogP contribution >= 0.6 is 0 Å². The summed E-state index contributed by atoms with van der Waals surface area (Å²) in [7, 11) is 2.16. The molecule has 2 heterocycles. The van der Waals surface area contributed by atoms with Crippen molar-refractivity contribution >= 4 is 5.91 Å². The Balaban J connectivity index is 1.39. The summed E-state index contributed by atoms with van der Waals surface area (Å²) in [5.41, 5.74) is 6.98. The lowest BCUT2D eigenvalue weighted by molar-refractivity contribution is -0.142. The Hall–Kier alpha value is -1.47. The highest BCUT2D eigenvalue weighted by atomic mass is 16.5. The molecule has 2 aliphatic rings. The molecule has 0 unspecified atom stereocenters. The fourth-order valence-electron chi connectivity index (χ4n) is 3.73. The van der Waals surface area contributed by atoms with E-state index in [1.165, 1.54) is 5.56 Å².